The SMILES string of the molecule is [CH-]=O.[CH2-]CCCCCCCCCCCCCC.[Ce]. The van der Waals surface area contributed by atoms with Crippen molar-refractivity contribution in [1.82, 2.24) is 0 Å². The van der Waals surface area contributed by atoms with Crippen LogP contribution < -0.4 is 0 Å². The summed E-state index contributed by atoms with van der Waals surface area (Å²) in [5.41, 5.74) is 0. The van der Waals surface area contributed by atoms with Crippen LogP contribution in [0.2, 0.25) is 0 Å². The van der Waals surface area contributed by atoms with Crippen LogP contribution in [0.25, 0.3) is 0 Å². The molecule has 0 saturated carbocycles. The molecule has 0 radical (unpaired) electrons. The molecule has 0 bridgehead atoms. The van der Waals surface area contributed by atoms with E-state index < -0.39 is 0 Å². The molecule has 18 heavy (non-hydrogen) atoms. The van der Waals surface area contributed by atoms with E-state index >= 15 is 0 Å². The van der Waals surface area contributed by atoms with Crippen LogP contribution in [0.1, 0.15) is 90.4 Å². The molecule has 1 nitrogen and oxygen atoms in total. The summed E-state index contributed by atoms with van der Waals surface area (Å²) in [5.74, 6) is 0. The van der Waals surface area contributed by atoms with Crippen LogP contribution in [0, 0.1) is 48.7 Å². The number of carbonyl (C=O) groups excluding carboxylic acids is 1. The average molecular weight is 381 g/mol. The zero-order valence-electron chi connectivity index (χ0n) is 12.4. The molecule has 0 aliphatic rings. The Hall–Kier alpha value is 1.05. The maximum absolute atomic E-state index is 7.75. The first-order valence-electron chi connectivity index (χ1n) is 7.44. The molecule has 0 aliphatic heterocycles. The second-order valence-electron chi connectivity index (χ2n) is 4.74. The topological polar surface area (TPSA) is 17.1 Å². The first-order valence-corrected chi connectivity index (χ1v) is 7.44. The first kappa shape index (κ1) is 24.1. The maximum atomic E-state index is 7.75. The van der Waals surface area contributed by atoms with E-state index in [4.69, 9.17) is 4.79 Å². The Kier molecular flexibility index (Phi) is 35.6. The summed E-state index contributed by atoms with van der Waals surface area (Å²) in [7, 11) is 0. The van der Waals surface area contributed by atoms with Crippen molar-refractivity contribution in [2.45, 2.75) is 90.4 Å². The normalized spacial score (nSPS) is 9.22. The number of hydrogen-bond donors (Lipinski definition) is 0. The predicted octanol–water partition coefficient (Wildman–Crippen LogP) is 5.64. The van der Waals surface area contributed by atoms with Gasteiger partial charge in [0.25, 0.3) is 0 Å². The summed E-state index contributed by atoms with van der Waals surface area (Å²) in [5, 5.41) is 0. The Bertz CT molecular complexity index is 106. The van der Waals surface area contributed by atoms with Crippen molar-refractivity contribution in [1.29, 1.82) is 0 Å². The van der Waals surface area contributed by atoms with Gasteiger partial charge in [0.05, 0.1) is 0 Å². The van der Waals surface area contributed by atoms with Gasteiger partial charge in [-0.3, -0.25) is 6.79 Å². The Morgan fingerprint density at radius 3 is 1.22 bits per heavy atom. The van der Waals surface area contributed by atoms with E-state index in [1.807, 2.05) is 0 Å². The molecule has 0 N–H and O–H groups in total. The average Bonchev–Trinajstić information content (AvgIpc) is 2.38. The van der Waals surface area contributed by atoms with E-state index in [2.05, 4.69) is 20.6 Å². The van der Waals surface area contributed by atoms with Crippen LogP contribution in [0.4, 0.5) is 0 Å². The fourth-order valence-corrected chi connectivity index (χ4v) is 2.02. The van der Waals surface area contributed by atoms with Crippen molar-refractivity contribution in [2.75, 3.05) is 0 Å². The number of hydrogen-bond acceptors (Lipinski definition) is 1. The molecule has 0 rings (SSSR count). The van der Waals surface area contributed by atoms with Crippen LogP contribution in [-0.4, -0.2) is 6.79 Å². The molecule has 0 unspecified atom stereocenters. The molecule has 0 aromatic heterocycles. The van der Waals surface area contributed by atoms with Crippen LogP contribution in [0.5, 0.6) is 0 Å². The summed E-state index contributed by atoms with van der Waals surface area (Å²) < 4.78 is 0. The Balaban J connectivity index is -0.000000709. The van der Waals surface area contributed by atoms with Gasteiger partial charge in [0.15, 0.2) is 0 Å². The zero-order valence-corrected chi connectivity index (χ0v) is 15.5. The van der Waals surface area contributed by atoms with Crippen molar-refractivity contribution < 1.29 is 46.5 Å². The van der Waals surface area contributed by atoms with Gasteiger partial charge in [-0.05, 0) is 0 Å². The van der Waals surface area contributed by atoms with E-state index in [9.17, 15) is 0 Å². The molecular weight excluding hydrogens is 348 g/mol. The van der Waals surface area contributed by atoms with Gasteiger partial charge >= 0.3 is 0 Å². The van der Waals surface area contributed by atoms with Gasteiger partial charge in [-0.25, -0.2) is 0 Å². The molecule has 0 spiro atoms. The van der Waals surface area contributed by atoms with E-state index in [-0.39, 0.29) is 41.7 Å². The fourth-order valence-electron chi connectivity index (χ4n) is 2.02. The van der Waals surface area contributed by atoms with Gasteiger partial charge in [0.2, 0.25) is 0 Å². The second kappa shape index (κ2) is 26.6. The maximum Gasteiger partial charge on any atom is 0 e. The number of unbranched alkanes of at least 4 members (excludes halogenated alkanes) is 12. The Morgan fingerprint density at radius 1 is 0.667 bits per heavy atom. The van der Waals surface area contributed by atoms with Crippen LogP contribution in [0.15, 0.2) is 0 Å². The molecular formula is C16H32CeO-2. The summed E-state index contributed by atoms with van der Waals surface area (Å²) in [6.07, 6.45) is 18.3. The molecule has 2 heteroatoms. The third-order valence-corrected chi connectivity index (χ3v) is 3.10. The van der Waals surface area contributed by atoms with Crippen molar-refractivity contribution in [3.63, 3.8) is 0 Å². The first-order chi connectivity index (χ1) is 8.41. The summed E-state index contributed by atoms with van der Waals surface area (Å²) in [6.45, 7) is 9.40. The minimum atomic E-state index is 0. The predicted molar refractivity (Wildman–Crippen MR) is 77.8 cm³/mol. The largest absolute Gasteiger partial charge is 0.545 e. The third kappa shape index (κ3) is 25.8. The minimum Gasteiger partial charge on any atom is -0.545 e. The number of rotatable bonds is 12. The van der Waals surface area contributed by atoms with Gasteiger partial charge in [-0.1, -0.05) is 84.0 Å². The minimum absolute atomic E-state index is 0. The quantitative estimate of drug-likeness (QED) is 0.243. The Morgan fingerprint density at radius 2 is 0.944 bits per heavy atom. The zero-order chi connectivity index (χ0) is 13.2. The van der Waals surface area contributed by atoms with E-state index in [1.165, 1.54) is 77.0 Å². The molecule has 0 heterocycles. The fraction of sp³-hybridized carbons (Fsp3) is 0.875. The summed E-state index contributed by atoms with van der Waals surface area (Å²) in [6, 6.07) is 0. The molecule has 0 amide bonds. The van der Waals surface area contributed by atoms with Gasteiger partial charge in [-0.2, -0.15) is 6.42 Å². The van der Waals surface area contributed by atoms with Gasteiger partial charge in [-0.15, -0.1) is 0 Å². The van der Waals surface area contributed by atoms with E-state index in [0.29, 0.717) is 0 Å². The molecule has 0 aromatic carbocycles. The monoisotopic (exact) mass is 380 g/mol. The smallest absolute Gasteiger partial charge is 0 e. The van der Waals surface area contributed by atoms with E-state index in [1.54, 1.807) is 0 Å². The van der Waals surface area contributed by atoms with Crippen molar-refractivity contribution in [3.05, 3.63) is 6.92 Å². The van der Waals surface area contributed by atoms with Gasteiger partial charge in [0, 0.05) is 41.7 Å². The molecule has 108 valence electrons. The van der Waals surface area contributed by atoms with Crippen molar-refractivity contribution in [2.24, 2.45) is 0 Å². The second-order valence-corrected chi connectivity index (χ2v) is 4.74. The summed E-state index contributed by atoms with van der Waals surface area (Å²) >= 11 is 0. The molecule has 0 fully saturated rings. The summed E-state index contributed by atoms with van der Waals surface area (Å²) in [4.78, 5) is 7.75. The molecule has 0 aliphatic carbocycles. The van der Waals surface area contributed by atoms with Crippen LogP contribution in [0.3, 0.4) is 0 Å². The molecule has 0 atom stereocenters. The van der Waals surface area contributed by atoms with Gasteiger partial charge in [0.1, 0.15) is 0 Å². The third-order valence-electron chi connectivity index (χ3n) is 3.10. The molecule has 0 aromatic rings. The van der Waals surface area contributed by atoms with Crippen molar-refractivity contribution >= 4 is 6.79 Å². The van der Waals surface area contributed by atoms with Gasteiger partial charge < -0.3 is 11.7 Å². The van der Waals surface area contributed by atoms with E-state index in [0.717, 1.165) is 6.42 Å². The van der Waals surface area contributed by atoms with Crippen molar-refractivity contribution in [3.8, 4) is 0 Å². The van der Waals surface area contributed by atoms with Crippen LogP contribution in [-0.2, 0) is 4.79 Å². The molecule has 0 saturated heterocycles. The standard InChI is InChI=1S/C15H31.CHO.Ce/c1-3-5-7-9-11-13-15-14-12-10-8-6-4-2;1-2;/h1,3-15H2,2H3;1H;/q2*-1;. The Labute approximate surface area is 149 Å². The van der Waals surface area contributed by atoms with Crippen LogP contribution >= 0.6 is 0 Å².